The van der Waals surface area contributed by atoms with Gasteiger partial charge in [0, 0.05) is 36.2 Å². The van der Waals surface area contributed by atoms with E-state index in [-0.39, 0.29) is 5.91 Å². The molecule has 0 aliphatic heterocycles. The van der Waals surface area contributed by atoms with E-state index in [1.54, 1.807) is 0 Å². The summed E-state index contributed by atoms with van der Waals surface area (Å²) in [5.41, 5.74) is 4.75. The fourth-order valence-electron chi connectivity index (χ4n) is 3.03. The molecule has 1 amide bonds. The normalized spacial score (nSPS) is 11.4. The Morgan fingerprint density at radius 2 is 1.91 bits per heavy atom. The van der Waals surface area contributed by atoms with Crippen molar-refractivity contribution >= 4 is 16.8 Å². The zero-order chi connectivity index (χ0) is 17.0. The molecular formula is C19H29N3O. The highest BCUT2D eigenvalue weighted by Crippen LogP contribution is 2.26. The molecule has 0 bridgehead atoms. The Bertz CT molecular complexity index is 673. The van der Waals surface area contributed by atoms with Crippen molar-refractivity contribution in [2.24, 2.45) is 0 Å². The van der Waals surface area contributed by atoms with Crippen LogP contribution in [-0.4, -0.2) is 54.4 Å². The van der Waals surface area contributed by atoms with Gasteiger partial charge in [-0.2, -0.15) is 0 Å². The van der Waals surface area contributed by atoms with Gasteiger partial charge in [-0.05, 0) is 45.5 Å². The first-order valence-electron chi connectivity index (χ1n) is 8.49. The minimum Gasteiger partial charge on any atom is -0.358 e. The molecule has 0 atom stereocenters. The number of fused-ring (bicyclic) bond motifs is 1. The van der Waals surface area contributed by atoms with Crippen LogP contribution in [0.2, 0.25) is 0 Å². The maximum atomic E-state index is 12.7. The topological polar surface area (TPSA) is 39.3 Å². The van der Waals surface area contributed by atoms with E-state index in [2.05, 4.69) is 41.9 Å². The van der Waals surface area contributed by atoms with Gasteiger partial charge in [-0.25, -0.2) is 0 Å². The largest absolute Gasteiger partial charge is 0.358 e. The van der Waals surface area contributed by atoms with Crippen LogP contribution in [0.25, 0.3) is 10.9 Å². The smallest absolute Gasteiger partial charge is 0.227 e. The first-order chi connectivity index (χ1) is 11.0. The van der Waals surface area contributed by atoms with Gasteiger partial charge >= 0.3 is 0 Å². The fraction of sp³-hybridized carbons (Fsp3) is 0.526. The molecule has 1 aromatic carbocycles. The Morgan fingerprint density at radius 3 is 2.52 bits per heavy atom. The lowest BCUT2D eigenvalue weighted by Crippen LogP contribution is -2.37. The molecule has 0 spiro atoms. The second kappa shape index (κ2) is 7.64. The number of amides is 1. The van der Waals surface area contributed by atoms with Crippen LogP contribution in [-0.2, 0) is 17.6 Å². The molecular weight excluding hydrogens is 286 g/mol. The number of carbonyl (C=O) groups is 1. The number of hydrogen-bond donors (Lipinski definition) is 1. The van der Waals surface area contributed by atoms with E-state index in [1.807, 2.05) is 25.9 Å². The number of para-hydroxylation sites is 1. The average Bonchev–Trinajstić information content (AvgIpc) is 2.83. The number of aryl methyl sites for hydroxylation is 2. The number of hydrogen-bond acceptors (Lipinski definition) is 2. The van der Waals surface area contributed by atoms with Crippen LogP contribution in [0.4, 0.5) is 0 Å². The summed E-state index contributed by atoms with van der Waals surface area (Å²) in [5.74, 6) is 0.209. The van der Waals surface area contributed by atoms with Crippen LogP contribution in [0, 0.1) is 6.92 Å². The van der Waals surface area contributed by atoms with Crippen molar-refractivity contribution in [2.45, 2.75) is 33.6 Å². The molecule has 1 N–H and O–H groups in total. The van der Waals surface area contributed by atoms with Crippen LogP contribution >= 0.6 is 0 Å². The second-order valence-electron chi connectivity index (χ2n) is 6.38. The summed E-state index contributed by atoms with van der Waals surface area (Å²) in [5, 5.41) is 1.19. The third-order valence-corrected chi connectivity index (χ3v) is 4.50. The number of H-pyrrole nitrogens is 1. The number of aromatic nitrogens is 1. The Kier molecular flexibility index (Phi) is 5.83. The molecule has 0 aliphatic rings. The molecule has 0 aliphatic carbocycles. The van der Waals surface area contributed by atoms with Crippen molar-refractivity contribution in [3.8, 4) is 0 Å². The third kappa shape index (κ3) is 3.94. The summed E-state index contributed by atoms with van der Waals surface area (Å²) in [6, 6.07) is 6.36. The van der Waals surface area contributed by atoms with E-state index in [4.69, 9.17) is 0 Å². The number of benzene rings is 1. The zero-order valence-corrected chi connectivity index (χ0v) is 15.1. The van der Waals surface area contributed by atoms with Gasteiger partial charge in [-0.3, -0.25) is 4.79 Å². The average molecular weight is 315 g/mol. The van der Waals surface area contributed by atoms with Gasteiger partial charge in [0.15, 0.2) is 0 Å². The SMILES string of the molecule is CCc1cccc2c(CC(=O)N(CC)CCN(C)C)c(C)[nH]c12. The number of likely N-dealkylation sites (N-methyl/N-ethyl adjacent to an activating group) is 2. The van der Waals surface area contributed by atoms with E-state index in [9.17, 15) is 4.79 Å². The van der Waals surface area contributed by atoms with Gasteiger partial charge in [-0.15, -0.1) is 0 Å². The summed E-state index contributed by atoms with van der Waals surface area (Å²) in [6.45, 7) is 8.71. The summed E-state index contributed by atoms with van der Waals surface area (Å²) in [7, 11) is 4.07. The molecule has 4 heteroatoms. The van der Waals surface area contributed by atoms with Crippen LogP contribution in [0.1, 0.15) is 30.7 Å². The quantitative estimate of drug-likeness (QED) is 0.853. The molecule has 2 aromatic rings. The van der Waals surface area contributed by atoms with Crippen LogP contribution in [0.5, 0.6) is 0 Å². The molecule has 4 nitrogen and oxygen atoms in total. The second-order valence-corrected chi connectivity index (χ2v) is 6.38. The molecule has 126 valence electrons. The van der Waals surface area contributed by atoms with Crippen molar-refractivity contribution < 1.29 is 4.79 Å². The van der Waals surface area contributed by atoms with Gasteiger partial charge in [-0.1, -0.05) is 25.1 Å². The van der Waals surface area contributed by atoms with Crippen molar-refractivity contribution in [1.82, 2.24) is 14.8 Å². The van der Waals surface area contributed by atoms with E-state index < -0.39 is 0 Å². The Hall–Kier alpha value is -1.81. The van der Waals surface area contributed by atoms with E-state index in [0.717, 1.165) is 37.3 Å². The van der Waals surface area contributed by atoms with Crippen LogP contribution in [0.3, 0.4) is 0 Å². The minimum atomic E-state index is 0.209. The third-order valence-electron chi connectivity index (χ3n) is 4.50. The van der Waals surface area contributed by atoms with Gasteiger partial charge in [0.05, 0.1) is 6.42 Å². The number of nitrogens with one attached hydrogen (secondary N) is 1. The van der Waals surface area contributed by atoms with Crippen LogP contribution in [0.15, 0.2) is 18.2 Å². The molecule has 1 heterocycles. The van der Waals surface area contributed by atoms with Crippen molar-refractivity contribution in [1.29, 1.82) is 0 Å². The number of carbonyl (C=O) groups excluding carboxylic acids is 1. The first kappa shape index (κ1) is 17.5. The Morgan fingerprint density at radius 1 is 1.17 bits per heavy atom. The summed E-state index contributed by atoms with van der Waals surface area (Å²) in [6.07, 6.45) is 1.47. The van der Waals surface area contributed by atoms with Gasteiger partial charge in [0.2, 0.25) is 5.91 Å². The number of aromatic amines is 1. The summed E-state index contributed by atoms with van der Waals surface area (Å²) < 4.78 is 0. The predicted octanol–water partition coefficient (Wildman–Crippen LogP) is 2.99. The molecule has 0 saturated heterocycles. The zero-order valence-electron chi connectivity index (χ0n) is 15.1. The van der Waals surface area contributed by atoms with E-state index in [1.165, 1.54) is 16.5 Å². The number of nitrogens with zero attached hydrogens (tertiary/aromatic N) is 2. The Balaban J connectivity index is 2.23. The molecule has 2 rings (SSSR count). The van der Waals surface area contributed by atoms with Crippen LogP contribution < -0.4 is 0 Å². The van der Waals surface area contributed by atoms with Crippen molar-refractivity contribution in [2.75, 3.05) is 33.7 Å². The molecule has 0 saturated carbocycles. The summed E-state index contributed by atoms with van der Waals surface area (Å²) in [4.78, 5) is 20.2. The van der Waals surface area contributed by atoms with Gasteiger partial charge < -0.3 is 14.8 Å². The fourth-order valence-corrected chi connectivity index (χ4v) is 3.03. The standard InChI is InChI=1S/C19H29N3O/c1-6-15-9-8-10-16-17(14(3)20-19(15)16)13-18(23)22(7-2)12-11-21(4)5/h8-10,20H,6-7,11-13H2,1-5H3. The van der Waals surface area contributed by atoms with Crippen molar-refractivity contribution in [3.05, 3.63) is 35.0 Å². The molecule has 1 aromatic heterocycles. The molecule has 0 unspecified atom stereocenters. The highest BCUT2D eigenvalue weighted by Gasteiger charge is 2.17. The van der Waals surface area contributed by atoms with Crippen molar-refractivity contribution in [3.63, 3.8) is 0 Å². The predicted molar refractivity (Wildman–Crippen MR) is 96.9 cm³/mol. The molecule has 0 radical (unpaired) electrons. The highest BCUT2D eigenvalue weighted by molar-refractivity contribution is 5.91. The molecule has 0 fully saturated rings. The van der Waals surface area contributed by atoms with Gasteiger partial charge in [0.25, 0.3) is 0 Å². The maximum Gasteiger partial charge on any atom is 0.227 e. The highest BCUT2D eigenvalue weighted by atomic mass is 16.2. The Labute approximate surface area is 139 Å². The minimum absolute atomic E-state index is 0.209. The maximum absolute atomic E-state index is 12.7. The lowest BCUT2D eigenvalue weighted by atomic mass is 10.0. The number of rotatable bonds is 7. The lowest BCUT2D eigenvalue weighted by Gasteiger charge is -2.23. The lowest BCUT2D eigenvalue weighted by molar-refractivity contribution is -0.130. The van der Waals surface area contributed by atoms with Gasteiger partial charge in [0.1, 0.15) is 0 Å². The summed E-state index contributed by atoms with van der Waals surface area (Å²) >= 11 is 0. The van der Waals surface area contributed by atoms with E-state index >= 15 is 0 Å². The monoisotopic (exact) mass is 315 g/mol. The molecule has 23 heavy (non-hydrogen) atoms. The van der Waals surface area contributed by atoms with E-state index in [0.29, 0.717) is 6.42 Å². The first-order valence-corrected chi connectivity index (χ1v) is 8.49.